The third-order valence-electron chi connectivity index (χ3n) is 4.00. The van der Waals surface area contributed by atoms with E-state index in [1.807, 2.05) is 47.6 Å². The molecule has 0 fully saturated rings. The normalized spacial score (nSPS) is 14.6. The Hall–Kier alpha value is -2.08. The molecular formula is C17H20N4OS. The number of carbonyl (C=O) groups excluding carboxylic acids is 1. The van der Waals surface area contributed by atoms with Gasteiger partial charge >= 0.3 is 0 Å². The summed E-state index contributed by atoms with van der Waals surface area (Å²) in [5, 5.41) is 8.83. The second-order valence-electron chi connectivity index (χ2n) is 5.56. The highest BCUT2D eigenvalue weighted by molar-refractivity contribution is 8.00. The fraction of sp³-hybridized carbons (Fsp3) is 0.353. The lowest BCUT2D eigenvalue weighted by molar-refractivity contribution is -0.117. The molecular weight excluding hydrogens is 308 g/mol. The third-order valence-corrected chi connectivity index (χ3v) is 5.06. The lowest BCUT2D eigenvalue weighted by Crippen LogP contribution is -2.35. The molecule has 23 heavy (non-hydrogen) atoms. The summed E-state index contributed by atoms with van der Waals surface area (Å²) in [6.45, 7) is 8.99. The number of benzene rings is 1. The molecule has 0 spiro atoms. The van der Waals surface area contributed by atoms with E-state index in [-0.39, 0.29) is 11.2 Å². The molecule has 0 aliphatic carbocycles. The van der Waals surface area contributed by atoms with E-state index in [1.54, 1.807) is 0 Å². The van der Waals surface area contributed by atoms with Gasteiger partial charge in [0.25, 0.3) is 0 Å². The first-order chi connectivity index (χ1) is 11.1. The summed E-state index contributed by atoms with van der Waals surface area (Å²) in [7, 11) is 0. The van der Waals surface area contributed by atoms with Crippen LogP contribution in [0.3, 0.4) is 0 Å². The highest BCUT2D eigenvalue weighted by Gasteiger charge is 2.29. The maximum Gasteiger partial charge on any atom is 0.240 e. The molecule has 1 amide bonds. The number of hydrogen-bond donors (Lipinski definition) is 0. The molecule has 1 aromatic heterocycles. The summed E-state index contributed by atoms with van der Waals surface area (Å²) in [5.41, 5.74) is 2.28. The van der Waals surface area contributed by atoms with Crippen LogP contribution in [0.5, 0.6) is 0 Å². The van der Waals surface area contributed by atoms with E-state index in [1.165, 1.54) is 17.3 Å². The number of fused-ring (bicyclic) bond motifs is 1. The predicted octanol–water partition coefficient (Wildman–Crippen LogP) is 2.84. The summed E-state index contributed by atoms with van der Waals surface area (Å²) < 4.78 is 1.97. The molecule has 0 bridgehead atoms. The van der Waals surface area contributed by atoms with Gasteiger partial charge in [-0.3, -0.25) is 4.79 Å². The number of aryl methyl sites for hydroxylation is 1. The Morgan fingerprint density at radius 2 is 2.22 bits per heavy atom. The molecule has 2 heterocycles. The third kappa shape index (κ3) is 3.03. The van der Waals surface area contributed by atoms with E-state index in [9.17, 15) is 4.79 Å². The van der Waals surface area contributed by atoms with Gasteiger partial charge in [-0.25, -0.2) is 0 Å². The van der Waals surface area contributed by atoms with Gasteiger partial charge < -0.3 is 9.47 Å². The lowest BCUT2D eigenvalue weighted by atomic mass is 10.2. The van der Waals surface area contributed by atoms with Gasteiger partial charge in [0.2, 0.25) is 5.91 Å². The summed E-state index contributed by atoms with van der Waals surface area (Å²) in [6.07, 6.45) is 2.73. The molecule has 0 saturated carbocycles. The fourth-order valence-corrected chi connectivity index (χ4v) is 3.75. The number of allylic oxidation sites excluding steroid dienone is 1. The number of amides is 1. The van der Waals surface area contributed by atoms with E-state index in [0.717, 1.165) is 29.6 Å². The van der Waals surface area contributed by atoms with Gasteiger partial charge in [0.15, 0.2) is 5.16 Å². The molecule has 1 aliphatic rings. The Labute approximate surface area is 140 Å². The maximum absolute atomic E-state index is 12.8. The minimum atomic E-state index is -0.215. The van der Waals surface area contributed by atoms with Crippen molar-refractivity contribution in [3.05, 3.63) is 48.3 Å². The van der Waals surface area contributed by atoms with E-state index < -0.39 is 0 Å². The van der Waals surface area contributed by atoms with Gasteiger partial charge in [0.05, 0.1) is 5.25 Å². The van der Waals surface area contributed by atoms with Crippen LogP contribution in [-0.2, 0) is 17.8 Å². The van der Waals surface area contributed by atoms with E-state index in [2.05, 4.69) is 22.8 Å². The molecule has 3 rings (SSSR count). The first-order valence-corrected chi connectivity index (χ1v) is 8.56. The number of anilines is 1. The summed E-state index contributed by atoms with van der Waals surface area (Å²) >= 11 is 1.45. The standard InChI is InChI=1S/C17H20N4OS/c1-4-10-20-13(3)18-19-17(20)23-12(2)16(22)21-11-9-14-7-5-6-8-15(14)21/h4-8,12H,1,9-11H2,2-3H3. The molecule has 120 valence electrons. The highest BCUT2D eigenvalue weighted by Crippen LogP contribution is 2.31. The zero-order chi connectivity index (χ0) is 16.4. The predicted molar refractivity (Wildman–Crippen MR) is 92.8 cm³/mol. The lowest BCUT2D eigenvalue weighted by Gasteiger charge is -2.21. The Morgan fingerprint density at radius 3 is 3.00 bits per heavy atom. The van der Waals surface area contributed by atoms with Crippen LogP contribution in [-0.4, -0.2) is 32.5 Å². The molecule has 1 aromatic carbocycles. The summed E-state index contributed by atoms with van der Waals surface area (Å²) in [4.78, 5) is 14.7. The van der Waals surface area contributed by atoms with Crippen molar-refractivity contribution >= 4 is 23.4 Å². The molecule has 6 heteroatoms. The van der Waals surface area contributed by atoms with Gasteiger partial charge in [-0.1, -0.05) is 36.0 Å². The molecule has 5 nitrogen and oxygen atoms in total. The van der Waals surface area contributed by atoms with Crippen LogP contribution in [0, 0.1) is 6.92 Å². The topological polar surface area (TPSA) is 51.0 Å². The monoisotopic (exact) mass is 328 g/mol. The van der Waals surface area contributed by atoms with Crippen LogP contribution < -0.4 is 4.90 Å². The fourth-order valence-electron chi connectivity index (χ4n) is 2.78. The molecule has 0 saturated heterocycles. The van der Waals surface area contributed by atoms with Crippen molar-refractivity contribution in [3.8, 4) is 0 Å². The Balaban J connectivity index is 1.75. The second kappa shape index (κ2) is 6.58. The van der Waals surface area contributed by atoms with Gasteiger partial charge in [-0.05, 0) is 31.9 Å². The zero-order valence-electron chi connectivity index (χ0n) is 13.4. The molecule has 1 atom stereocenters. The number of hydrogen-bond acceptors (Lipinski definition) is 4. The minimum Gasteiger partial charge on any atom is -0.311 e. The van der Waals surface area contributed by atoms with Gasteiger partial charge in [0.1, 0.15) is 5.82 Å². The Morgan fingerprint density at radius 1 is 1.43 bits per heavy atom. The van der Waals surface area contributed by atoms with Crippen LogP contribution in [0.1, 0.15) is 18.3 Å². The van der Waals surface area contributed by atoms with Crippen LogP contribution in [0.2, 0.25) is 0 Å². The van der Waals surface area contributed by atoms with Gasteiger partial charge in [-0.15, -0.1) is 16.8 Å². The van der Waals surface area contributed by atoms with Crippen molar-refractivity contribution in [1.29, 1.82) is 0 Å². The van der Waals surface area contributed by atoms with E-state index in [0.29, 0.717) is 6.54 Å². The van der Waals surface area contributed by atoms with Crippen molar-refractivity contribution in [2.75, 3.05) is 11.4 Å². The Kier molecular flexibility index (Phi) is 4.52. The quantitative estimate of drug-likeness (QED) is 0.625. The summed E-state index contributed by atoms with van der Waals surface area (Å²) in [6, 6.07) is 8.10. The molecule has 0 N–H and O–H groups in total. The maximum atomic E-state index is 12.8. The van der Waals surface area contributed by atoms with Crippen molar-refractivity contribution < 1.29 is 4.79 Å². The smallest absolute Gasteiger partial charge is 0.240 e. The largest absolute Gasteiger partial charge is 0.311 e. The van der Waals surface area contributed by atoms with E-state index in [4.69, 9.17) is 0 Å². The number of thioether (sulfide) groups is 1. The number of nitrogens with zero attached hydrogens (tertiary/aromatic N) is 4. The van der Waals surface area contributed by atoms with Gasteiger partial charge in [-0.2, -0.15) is 0 Å². The molecule has 2 aromatic rings. The molecule has 1 aliphatic heterocycles. The molecule has 1 unspecified atom stereocenters. The van der Waals surface area contributed by atoms with Crippen LogP contribution in [0.4, 0.5) is 5.69 Å². The number of aromatic nitrogens is 3. The number of carbonyl (C=O) groups is 1. The SMILES string of the molecule is C=CCn1c(C)nnc1SC(C)C(=O)N1CCc2ccccc21. The highest BCUT2D eigenvalue weighted by atomic mass is 32.2. The van der Waals surface area contributed by atoms with Crippen LogP contribution in [0.25, 0.3) is 0 Å². The minimum absolute atomic E-state index is 0.116. The number of para-hydroxylation sites is 1. The number of rotatable bonds is 5. The molecule has 0 radical (unpaired) electrons. The average molecular weight is 328 g/mol. The van der Waals surface area contributed by atoms with Crippen molar-refractivity contribution in [3.63, 3.8) is 0 Å². The van der Waals surface area contributed by atoms with Crippen LogP contribution >= 0.6 is 11.8 Å². The first-order valence-electron chi connectivity index (χ1n) is 7.68. The van der Waals surface area contributed by atoms with Crippen molar-refractivity contribution in [2.45, 2.75) is 37.2 Å². The summed E-state index contributed by atoms with van der Waals surface area (Å²) in [5.74, 6) is 0.948. The van der Waals surface area contributed by atoms with Crippen molar-refractivity contribution in [2.24, 2.45) is 0 Å². The van der Waals surface area contributed by atoms with E-state index >= 15 is 0 Å². The Bertz CT molecular complexity index is 740. The van der Waals surface area contributed by atoms with Crippen molar-refractivity contribution in [1.82, 2.24) is 14.8 Å². The van der Waals surface area contributed by atoms with Gasteiger partial charge in [0, 0.05) is 18.8 Å². The first kappa shape index (κ1) is 15.8. The zero-order valence-corrected chi connectivity index (χ0v) is 14.2. The second-order valence-corrected chi connectivity index (χ2v) is 6.87. The van der Waals surface area contributed by atoms with Crippen LogP contribution in [0.15, 0.2) is 42.1 Å². The average Bonchev–Trinajstić information content (AvgIpc) is 3.13.